The molecule has 96 valence electrons. The molecule has 0 unspecified atom stereocenters. The van der Waals surface area contributed by atoms with Crippen molar-refractivity contribution in [2.75, 3.05) is 17.7 Å². The Bertz CT molecular complexity index is 406. The van der Waals surface area contributed by atoms with Crippen LogP contribution in [0.5, 0.6) is 0 Å². The standard InChI is InChI=1S/C9H16N4O2S2/c1-9(2,16-3)5-13-7(10)11-12-8(13)17-4-6(14)15/h4-5H2,1-3H3,(H2,10,11)(H,14,15). The van der Waals surface area contributed by atoms with E-state index in [4.69, 9.17) is 10.8 Å². The van der Waals surface area contributed by atoms with Gasteiger partial charge in [-0.2, -0.15) is 11.8 Å². The van der Waals surface area contributed by atoms with Crippen LogP contribution in [-0.4, -0.2) is 42.6 Å². The lowest BCUT2D eigenvalue weighted by atomic mass is 10.2. The Kier molecular flexibility index (Phi) is 4.70. The van der Waals surface area contributed by atoms with Gasteiger partial charge in [0.2, 0.25) is 5.95 Å². The highest BCUT2D eigenvalue weighted by atomic mass is 32.2. The molecule has 1 heterocycles. The molecule has 3 N–H and O–H groups in total. The van der Waals surface area contributed by atoms with E-state index in [-0.39, 0.29) is 10.5 Å². The van der Waals surface area contributed by atoms with E-state index < -0.39 is 5.97 Å². The average Bonchev–Trinajstić information content (AvgIpc) is 2.57. The van der Waals surface area contributed by atoms with Crippen molar-refractivity contribution >= 4 is 35.4 Å². The highest BCUT2D eigenvalue weighted by molar-refractivity contribution is 8.00. The first kappa shape index (κ1) is 14.2. The normalized spacial score (nSPS) is 11.7. The third-order valence-electron chi connectivity index (χ3n) is 2.16. The molecule has 0 aliphatic heterocycles. The van der Waals surface area contributed by atoms with Gasteiger partial charge in [0.25, 0.3) is 0 Å². The van der Waals surface area contributed by atoms with Crippen molar-refractivity contribution in [1.29, 1.82) is 0 Å². The number of nitrogen functional groups attached to an aromatic ring is 1. The maximum atomic E-state index is 10.5. The van der Waals surface area contributed by atoms with Crippen LogP contribution in [0, 0.1) is 0 Å². The third kappa shape index (κ3) is 4.12. The summed E-state index contributed by atoms with van der Waals surface area (Å²) < 4.78 is 1.75. The Hall–Kier alpha value is -0.890. The van der Waals surface area contributed by atoms with E-state index >= 15 is 0 Å². The second-order valence-electron chi connectivity index (χ2n) is 4.07. The molecule has 0 fully saturated rings. The lowest BCUT2D eigenvalue weighted by Gasteiger charge is -2.23. The van der Waals surface area contributed by atoms with Crippen molar-refractivity contribution in [3.05, 3.63) is 0 Å². The van der Waals surface area contributed by atoms with Crippen LogP contribution in [0.1, 0.15) is 13.8 Å². The van der Waals surface area contributed by atoms with Gasteiger partial charge in [-0.15, -0.1) is 10.2 Å². The van der Waals surface area contributed by atoms with Crippen molar-refractivity contribution in [2.45, 2.75) is 30.3 Å². The fourth-order valence-corrected chi connectivity index (χ4v) is 2.05. The van der Waals surface area contributed by atoms with Crippen molar-refractivity contribution in [3.8, 4) is 0 Å². The summed E-state index contributed by atoms with van der Waals surface area (Å²) in [6.45, 7) is 4.82. The monoisotopic (exact) mass is 276 g/mol. The largest absolute Gasteiger partial charge is 0.481 e. The van der Waals surface area contributed by atoms with Crippen LogP contribution in [0.4, 0.5) is 5.95 Å². The maximum absolute atomic E-state index is 10.5. The highest BCUT2D eigenvalue weighted by Gasteiger charge is 2.21. The van der Waals surface area contributed by atoms with Gasteiger partial charge in [0.15, 0.2) is 5.16 Å². The zero-order valence-electron chi connectivity index (χ0n) is 10.0. The number of aliphatic carboxylic acids is 1. The van der Waals surface area contributed by atoms with Gasteiger partial charge in [-0.05, 0) is 20.1 Å². The summed E-state index contributed by atoms with van der Waals surface area (Å²) in [7, 11) is 0. The molecular weight excluding hydrogens is 260 g/mol. The number of nitrogens with zero attached hydrogens (tertiary/aromatic N) is 3. The first-order valence-electron chi connectivity index (χ1n) is 4.94. The van der Waals surface area contributed by atoms with Gasteiger partial charge in [0, 0.05) is 11.3 Å². The number of carboxylic acids is 1. The summed E-state index contributed by atoms with van der Waals surface area (Å²) in [4.78, 5) is 10.5. The van der Waals surface area contributed by atoms with Gasteiger partial charge >= 0.3 is 5.97 Å². The van der Waals surface area contributed by atoms with Crippen LogP contribution in [-0.2, 0) is 11.3 Å². The highest BCUT2D eigenvalue weighted by Crippen LogP contribution is 2.27. The van der Waals surface area contributed by atoms with Crippen LogP contribution in [0.2, 0.25) is 0 Å². The van der Waals surface area contributed by atoms with Gasteiger partial charge in [-0.25, -0.2) is 0 Å². The van der Waals surface area contributed by atoms with Crippen molar-refractivity contribution in [3.63, 3.8) is 0 Å². The molecule has 0 atom stereocenters. The fourth-order valence-electron chi connectivity index (χ4n) is 1.13. The molecule has 0 saturated heterocycles. The molecule has 1 aromatic rings. The van der Waals surface area contributed by atoms with E-state index in [0.29, 0.717) is 17.6 Å². The smallest absolute Gasteiger partial charge is 0.313 e. The predicted octanol–water partition coefficient (Wildman–Crippen LogP) is 1.18. The number of carbonyl (C=O) groups is 1. The van der Waals surface area contributed by atoms with E-state index in [1.807, 2.05) is 6.26 Å². The molecule has 0 aliphatic rings. The van der Waals surface area contributed by atoms with E-state index in [1.54, 1.807) is 16.3 Å². The minimum atomic E-state index is -0.882. The third-order valence-corrected chi connectivity index (χ3v) is 4.35. The summed E-state index contributed by atoms with van der Waals surface area (Å²) in [6.07, 6.45) is 2.02. The van der Waals surface area contributed by atoms with Crippen molar-refractivity contribution in [1.82, 2.24) is 14.8 Å². The lowest BCUT2D eigenvalue weighted by molar-refractivity contribution is -0.133. The topological polar surface area (TPSA) is 94.0 Å². The number of rotatable bonds is 6. The zero-order valence-corrected chi connectivity index (χ0v) is 11.6. The predicted molar refractivity (Wildman–Crippen MR) is 70.4 cm³/mol. The molecule has 0 aromatic carbocycles. The number of anilines is 1. The van der Waals surface area contributed by atoms with Gasteiger partial charge in [0.1, 0.15) is 0 Å². The number of aromatic nitrogens is 3. The fraction of sp³-hybridized carbons (Fsp3) is 0.667. The molecule has 0 spiro atoms. The Balaban J connectivity index is 2.83. The minimum Gasteiger partial charge on any atom is -0.481 e. The molecular formula is C9H16N4O2S2. The molecule has 8 heteroatoms. The van der Waals surface area contributed by atoms with E-state index in [0.717, 1.165) is 11.8 Å². The molecule has 17 heavy (non-hydrogen) atoms. The average molecular weight is 276 g/mol. The van der Waals surface area contributed by atoms with Crippen LogP contribution >= 0.6 is 23.5 Å². The second kappa shape index (κ2) is 5.63. The van der Waals surface area contributed by atoms with Crippen molar-refractivity contribution < 1.29 is 9.90 Å². The number of hydrogen-bond donors (Lipinski definition) is 2. The summed E-state index contributed by atoms with van der Waals surface area (Å²) in [5.41, 5.74) is 5.73. The molecule has 1 aromatic heterocycles. The second-order valence-corrected chi connectivity index (χ2v) is 6.53. The minimum absolute atomic E-state index is 0.00493. The SMILES string of the molecule is CSC(C)(C)Cn1c(N)nnc1SCC(=O)O. The quantitative estimate of drug-likeness (QED) is 0.753. The first-order chi connectivity index (χ1) is 7.85. The van der Waals surface area contributed by atoms with Gasteiger partial charge < -0.3 is 10.8 Å². The van der Waals surface area contributed by atoms with Gasteiger partial charge in [-0.3, -0.25) is 9.36 Å². The molecule has 1 rings (SSSR count). The molecule has 0 bridgehead atoms. The molecule has 0 amide bonds. The van der Waals surface area contributed by atoms with E-state index in [2.05, 4.69) is 24.0 Å². The van der Waals surface area contributed by atoms with E-state index in [1.165, 1.54) is 0 Å². The van der Waals surface area contributed by atoms with Crippen LogP contribution < -0.4 is 5.73 Å². The first-order valence-corrected chi connectivity index (χ1v) is 7.15. The molecule has 0 saturated carbocycles. The van der Waals surface area contributed by atoms with Crippen molar-refractivity contribution in [2.24, 2.45) is 0 Å². The summed E-state index contributed by atoms with van der Waals surface area (Å²) >= 11 is 2.84. The lowest BCUT2D eigenvalue weighted by Crippen LogP contribution is -2.24. The zero-order chi connectivity index (χ0) is 13.1. The number of hydrogen-bond acceptors (Lipinski definition) is 6. The number of carboxylic acid groups (broad SMARTS) is 1. The summed E-state index contributed by atoms with van der Waals surface area (Å²) in [5, 5.41) is 16.9. The molecule has 0 radical (unpaired) electrons. The number of nitrogens with two attached hydrogens (primary N) is 1. The summed E-state index contributed by atoms with van der Waals surface area (Å²) in [6, 6.07) is 0. The number of thioether (sulfide) groups is 2. The van der Waals surface area contributed by atoms with Crippen LogP contribution in [0.15, 0.2) is 5.16 Å². The Morgan fingerprint density at radius 1 is 1.53 bits per heavy atom. The Morgan fingerprint density at radius 3 is 2.71 bits per heavy atom. The van der Waals surface area contributed by atoms with Gasteiger partial charge in [-0.1, -0.05) is 11.8 Å². The maximum Gasteiger partial charge on any atom is 0.313 e. The Labute approximate surface area is 108 Å². The van der Waals surface area contributed by atoms with E-state index in [9.17, 15) is 4.79 Å². The molecule has 0 aliphatic carbocycles. The summed E-state index contributed by atoms with van der Waals surface area (Å²) in [5.74, 6) is -0.607. The Morgan fingerprint density at radius 2 is 2.18 bits per heavy atom. The van der Waals surface area contributed by atoms with Crippen LogP contribution in [0.3, 0.4) is 0 Å². The van der Waals surface area contributed by atoms with Crippen LogP contribution in [0.25, 0.3) is 0 Å². The molecule has 6 nitrogen and oxygen atoms in total. The van der Waals surface area contributed by atoms with Gasteiger partial charge in [0.05, 0.1) is 5.75 Å².